The number of hydrogen-bond acceptors (Lipinski definition) is 6. The topological polar surface area (TPSA) is 85.8 Å². The Hall–Kier alpha value is -2.45. The lowest BCUT2D eigenvalue weighted by atomic mass is 10.1. The molecule has 1 heterocycles. The van der Waals surface area contributed by atoms with Gasteiger partial charge in [0.25, 0.3) is 0 Å². The number of amides is 1. The van der Waals surface area contributed by atoms with E-state index in [1.807, 2.05) is 24.3 Å². The largest absolute Gasteiger partial charge is 0.336 e. The van der Waals surface area contributed by atoms with Gasteiger partial charge < -0.3 is 11.2 Å². The molecule has 0 unspecified atom stereocenters. The van der Waals surface area contributed by atoms with Crippen molar-refractivity contribution in [2.75, 3.05) is 16.9 Å². The van der Waals surface area contributed by atoms with Gasteiger partial charge in [0.2, 0.25) is 11.1 Å². The number of carbonyl (C=O) groups is 1. The van der Waals surface area contributed by atoms with Crippen molar-refractivity contribution in [3.05, 3.63) is 59.4 Å². The number of aryl methyl sites for hydroxylation is 3. The van der Waals surface area contributed by atoms with E-state index in [-0.39, 0.29) is 11.7 Å². The smallest absolute Gasteiger partial charge is 0.234 e. The molecule has 0 saturated heterocycles. The number of nitrogens with zero attached hydrogens (tertiary/aromatic N) is 3. The first-order valence-corrected chi connectivity index (χ1v) is 10.2. The molecule has 0 spiro atoms. The molecule has 1 amide bonds. The van der Waals surface area contributed by atoms with Crippen LogP contribution in [0.4, 0.5) is 5.69 Å². The van der Waals surface area contributed by atoms with Crippen LogP contribution in [0.1, 0.15) is 17.0 Å². The van der Waals surface area contributed by atoms with E-state index in [1.165, 1.54) is 32.5 Å². The quantitative estimate of drug-likeness (QED) is 0.484. The van der Waals surface area contributed by atoms with Crippen LogP contribution in [0, 0.1) is 20.8 Å². The fraction of sp³-hybridized carbons (Fsp3) is 0.211. The molecule has 27 heavy (non-hydrogen) atoms. The first kappa shape index (κ1) is 19.3. The Balaban J connectivity index is 1.54. The van der Waals surface area contributed by atoms with E-state index in [0.29, 0.717) is 11.0 Å². The first-order valence-electron chi connectivity index (χ1n) is 8.37. The zero-order chi connectivity index (χ0) is 19.4. The number of thioether (sulfide) groups is 1. The second-order valence-electron chi connectivity index (χ2n) is 6.11. The number of nitrogen functional groups attached to an aromatic ring is 1. The monoisotopic (exact) mass is 399 g/mol. The molecular formula is C19H21N5OS2. The van der Waals surface area contributed by atoms with E-state index in [4.69, 9.17) is 5.84 Å². The Bertz CT molecular complexity index is 953. The maximum atomic E-state index is 12.1. The molecule has 1 aromatic heterocycles. The minimum Gasteiger partial charge on any atom is -0.336 e. The summed E-state index contributed by atoms with van der Waals surface area (Å²) in [4.78, 5) is 14.4. The number of rotatable bonds is 6. The van der Waals surface area contributed by atoms with Crippen LogP contribution in [0.2, 0.25) is 0 Å². The molecule has 0 saturated carbocycles. The van der Waals surface area contributed by atoms with E-state index in [9.17, 15) is 4.79 Å². The molecule has 3 aromatic rings. The number of carbonyl (C=O) groups excluding carboxylic acids is 1. The summed E-state index contributed by atoms with van der Waals surface area (Å²) in [5, 5.41) is 11.2. The highest BCUT2D eigenvalue weighted by atomic mass is 32.2. The lowest BCUT2D eigenvalue weighted by Gasteiger charge is -2.08. The van der Waals surface area contributed by atoms with Crippen LogP contribution >= 0.6 is 23.5 Å². The average Bonchev–Trinajstić information content (AvgIpc) is 2.97. The summed E-state index contributed by atoms with van der Waals surface area (Å²) in [6, 6.07) is 14.3. The number of benzene rings is 2. The third-order valence-electron chi connectivity index (χ3n) is 4.02. The molecule has 3 rings (SSSR count). The second-order valence-corrected chi connectivity index (χ2v) is 8.20. The standard InChI is InChI=1S/C19H21N5OS2/c1-12-4-7-17(10-13(12)2)27-16-8-5-15(6-9-16)21-18(25)11-26-19-23-22-14(3)24(19)20/h4-10H,11,20H2,1-3H3,(H,21,25). The van der Waals surface area contributed by atoms with E-state index in [2.05, 4.69) is 47.6 Å². The summed E-state index contributed by atoms with van der Waals surface area (Å²) in [7, 11) is 0. The predicted molar refractivity (Wildman–Crippen MR) is 111 cm³/mol. The van der Waals surface area contributed by atoms with Crippen molar-refractivity contribution in [2.45, 2.75) is 35.7 Å². The van der Waals surface area contributed by atoms with Crippen LogP contribution in [0.25, 0.3) is 0 Å². The van der Waals surface area contributed by atoms with Gasteiger partial charge >= 0.3 is 0 Å². The molecule has 0 atom stereocenters. The van der Waals surface area contributed by atoms with Gasteiger partial charge in [0.05, 0.1) is 5.75 Å². The summed E-state index contributed by atoms with van der Waals surface area (Å²) >= 11 is 2.95. The molecule has 0 fully saturated rings. The van der Waals surface area contributed by atoms with Crippen molar-refractivity contribution in [1.29, 1.82) is 0 Å². The van der Waals surface area contributed by atoms with Crippen molar-refractivity contribution in [3.63, 3.8) is 0 Å². The molecule has 0 aliphatic rings. The Morgan fingerprint density at radius 2 is 1.74 bits per heavy atom. The predicted octanol–water partition coefficient (Wildman–Crippen LogP) is 3.80. The molecule has 140 valence electrons. The lowest BCUT2D eigenvalue weighted by molar-refractivity contribution is -0.113. The molecule has 0 aliphatic heterocycles. The van der Waals surface area contributed by atoms with Gasteiger partial charge in [-0.1, -0.05) is 29.6 Å². The molecule has 0 aliphatic carbocycles. The van der Waals surface area contributed by atoms with Crippen molar-refractivity contribution in [3.8, 4) is 0 Å². The Labute approximate surface area is 166 Å². The molecule has 0 bridgehead atoms. The number of nitrogens with one attached hydrogen (secondary N) is 1. The molecule has 6 nitrogen and oxygen atoms in total. The van der Waals surface area contributed by atoms with Crippen molar-refractivity contribution >= 4 is 35.1 Å². The summed E-state index contributed by atoms with van der Waals surface area (Å²) in [6.45, 7) is 5.98. The number of hydrogen-bond donors (Lipinski definition) is 2. The van der Waals surface area contributed by atoms with Crippen LogP contribution in [0.3, 0.4) is 0 Å². The van der Waals surface area contributed by atoms with Gasteiger partial charge in [0, 0.05) is 15.5 Å². The zero-order valence-electron chi connectivity index (χ0n) is 15.4. The third-order valence-corrected chi connectivity index (χ3v) is 5.96. The minimum absolute atomic E-state index is 0.116. The Kier molecular flexibility index (Phi) is 6.08. The van der Waals surface area contributed by atoms with Gasteiger partial charge in [-0.25, -0.2) is 4.68 Å². The number of aromatic nitrogens is 3. The van der Waals surface area contributed by atoms with Gasteiger partial charge in [0.1, 0.15) is 5.82 Å². The lowest BCUT2D eigenvalue weighted by Crippen LogP contribution is -2.16. The zero-order valence-corrected chi connectivity index (χ0v) is 17.0. The fourth-order valence-corrected chi connectivity index (χ4v) is 3.91. The normalized spacial score (nSPS) is 10.8. The molecular weight excluding hydrogens is 378 g/mol. The van der Waals surface area contributed by atoms with Gasteiger partial charge in [-0.15, -0.1) is 10.2 Å². The van der Waals surface area contributed by atoms with Crippen LogP contribution in [-0.2, 0) is 4.79 Å². The summed E-state index contributed by atoms with van der Waals surface area (Å²) in [6.07, 6.45) is 0. The molecule has 3 N–H and O–H groups in total. The van der Waals surface area contributed by atoms with Crippen molar-refractivity contribution in [2.24, 2.45) is 0 Å². The number of nitrogens with two attached hydrogens (primary N) is 1. The van der Waals surface area contributed by atoms with Gasteiger partial charge in [-0.2, -0.15) is 0 Å². The fourth-order valence-electron chi connectivity index (χ4n) is 2.30. The maximum absolute atomic E-state index is 12.1. The Morgan fingerprint density at radius 3 is 2.37 bits per heavy atom. The van der Waals surface area contributed by atoms with Gasteiger partial charge in [0.15, 0.2) is 0 Å². The highest BCUT2D eigenvalue weighted by Gasteiger charge is 2.10. The minimum atomic E-state index is -0.116. The summed E-state index contributed by atoms with van der Waals surface area (Å²) < 4.78 is 1.37. The average molecular weight is 400 g/mol. The van der Waals surface area contributed by atoms with Crippen molar-refractivity contribution in [1.82, 2.24) is 14.9 Å². The van der Waals surface area contributed by atoms with Crippen LogP contribution < -0.4 is 11.2 Å². The van der Waals surface area contributed by atoms with Crippen molar-refractivity contribution < 1.29 is 4.79 Å². The highest BCUT2D eigenvalue weighted by Crippen LogP contribution is 2.29. The third kappa shape index (κ3) is 5.05. The van der Waals surface area contributed by atoms with Gasteiger partial charge in [-0.05, 0) is 68.3 Å². The van der Waals surface area contributed by atoms with E-state index in [0.717, 1.165) is 10.6 Å². The first-order chi connectivity index (χ1) is 12.9. The number of anilines is 1. The maximum Gasteiger partial charge on any atom is 0.234 e. The molecule has 2 aromatic carbocycles. The van der Waals surface area contributed by atoms with Gasteiger partial charge in [-0.3, -0.25) is 4.79 Å². The molecule has 8 heteroatoms. The summed E-state index contributed by atoms with van der Waals surface area (Å²) in [5.41, 5.74) is 3.33. The van der Waals surface area contributed by atoms with Crippen LogP contribution in [0.5, 0.6) is 0 Å². The summed E-state index contributed by atoms with van der Waals surface area (Å²) in [5.74, 6) is 6.48. The van der Waals surface area contributed by atoms with Crippen LogP contribution in [-0.4, -0.2) is 26.5 Å². The highest BCUT2D eigenvalue weighted by molar-refractivity contribution is 7.99. The Morgan fingerprint density at radius 1 is 1.04 bits per heavy atom. The van der Waals surface area contributed by atoms with E-state index in [1.54, 1.807) is 18.7 Å². The molecule has 0 radical (unpaired) electrons. The van der Waals surface area contributed by atoms with E-state index >= 15 is 0 Å². The van der Waals surface area contributed by atoms with Crippen LogP contribution in [0.15, 0.2) is 57.4 Å². The van der Waals surface area contributed by atoms with E-state index < -0.39 is 0 Å². The second kappa shape index (κ2) is 8.49. The SMILES string of the molecule is Cc1ccc(Sc2ccc(NC(=O)CSc3nnc(C)n3N)cc2)cc1C.